The molecular formula is C12H13N5O. The van der Waals surface area contributed by atoms with Crippen molar-refractivity contribution >= 4 is 5.82 Å². The average Bonchev–Trinajstić information content (AvgIpc) is 2.72. The lowest BCUT2D eigenvalue weighted by Gasteiger charge is -2.08. The van der Waals surface area contributed by atoms with E-state index in [1.165, 1.54) is 0 Å². The monoisotopic (exact) mass is 243 g/mol. The molecule has 6 nitrogen and oxygen atoms in total. The predicted molar refractivity (Wildman–Crippen MR) is 64.8 cm³/mol. The van der Waals surface area contributed by atoms with E-state index in [2.05, 4.69) is 26.5 Å². The minimum Gasteiger partial charge on any atom is -0.360 e. The number of anilines is 1. The zero-order valence-corrected chi connectivity index (χ0v) is 10.5. The Morgan fingerprint density at radius 3 is 2.72 bits per heavy atom. The summed E-state index contributed by atoms with van der Waals surface area (Å²) < 4.78 is 4.99. The van der Waals surface area contributed by atoms with Gasteiger partial charge in [-0.3, -0.25) is 0 Å². The molecule has 0 atom stereocenters. The molecule has 92 valence electrons. The summed E-state index contributed by atoms with van der Waals surface area (Å²) in [7, 11) is 0. The van der Waals surface area contributed by atoms with Crippen molar-refractivity contribution in [3.63, 3.8) is 0 Å². The molecule has 0 aliphatic heterocycles. The molecule has 0 aliphatic rings. The van der Waals surface area contributed by atoms with Crippen LogP contribution in [0.3, 0.4) is 0 Å². The molecule has 0 aliphatic carbocycles. The van der Waals surface area contributed by atoms with Gasteiger partial charge in [-0.2, -0.15) is 10.2 Å². The Labute approximate surface area is 105 Å². The number of pyridine rings is 1. The van der Waals surface area contributed by atoms with Crippen LogP contribution in [0.2, 0.25) is 0 Å². The highest BCUT2D eigenvalue weighted by Crippen LogP contribution is 2.18. The topological polar surface area (TPSA) is 87.6 Å². The van der Waals surface area contributed by atoms with Crippen LogP contribution in [0, 0.1) is 32.1 Å². The minimum absolute atomic E-state index is 0.353. The fraction of sp³-hybridized carbons (Fsp3) is 0.333. The number of aromatic nitrogens is 3. The maximum atomic E-state index is 9.11. The number of rotatable bonds is 3. The molecule has 2 heterocycles. The van der Waals surface area contributed by atoms with Crippen LogP contribution < -0.4 is 5.32 Å². The third-order valence-electron chi connectivity index (χ3n) is 2.43. The van der Waals surface area contributed by atoms with Gasteiger partial charge in [-0.25, -0.2) is 4.98 Å². The Kier molecular flexibility index (Phi) is 3.24. The van der Waals surface area contributed by atoms with Gasteiger partial charge in [-0.05, 0) is 32.4 Å². The fourth-order valence-corrected chi connectivity index (χ4v) is 1.68. The van der Waals surface area contributed by atoms with Crippen LogP contribution in [0.5, 0.6) is 0 Å². The van der Waals surface area contributed by atoms with Crippen LogP contribution in [-0.2, 0) is 6.54 Å². The van der Waals surface area contributed by atoms with E-state index >= 15 is 0 Å². The van der Waals surface area contributed by atoms with Crippen molar-refractivity contribution in [1.29, 1.82) is 5.26 Å². The van der Waals surface area contributed by atoms with Gasteiger partial charge in [0.2, 0.25) is 5.89 Å². The summed E-state index contributed by atoms with van der Waals surface area (Å²) in [6, 6.07) is 4.02. The molecule has 0 amide bonds. The summed E-state index contributed by atoms with van der Waals surface area (Å²) in [5.74, 6) is 1.60. The van der Waals surface area contributed by atoms with Gasteiger partial charge in [0.05, 0.1) is 12.1 Å². The molecule has 2 aromatic rings. The van der Waals surface area contributed by atoms with Crippen LogP contribution in [0.1, 0.15) is 28.5 Å². The van der Waals surface area contributed by atoms with Crippen molar-refractivity contribution < 1.29 is 4.52 Å². The van der Waals surface area contributed by atoms with Crippen LogP contribution in [0.25, 0.3) is 0 Å². The largest absolute Gasteiger partial charge is 0.360 e. The summed E-state index contributed by atoms with van der Waals surface area (Å²) in [5.41, 5.74) is 2.29. The molecule has 0 bridgehead atoms. The lowest BCUT2D eigenvalue weighted by atomic mass is 10.1. The van der Waals surface area contributed by atoms with Crippen molar-refractivity contribution in [2.24, 2.45) is 0 Å². The van der Waals surface area contributed by atoms with Crippen molar-refractivity contribution in [3.05, 3.63) is 34.6 Å². The molecular weight excluding hydrogens is 230 g/mol. The second-order valence-electron chi connectivity index (χ2n) is 4.00. The fourth-order valence-electron chi connectivity index (χ4n) is 1.68. The normalized spacial score (nSPS) is 10.1. The average molecular weight is 243 g/mol. The van der Waals surface area contributed by atoms with Crippen LogP contribution >= 0.6 is 0 Å². The Balaban J connectivity index is 2.21. The molecule has 1 N–H and O–H groups in total. The van der Waals surface area contributed by atoms with Crippen LogP contribution in [0.15, 0.2) is 10.6 Å². The highest BCUT2D eigenvalue weighted by Gasteiger charge is 2.09. The van der Waals surface area contributed by atoms with Crippen LogP contribution in [0.4, 0.5) is 5.82 Å². The molecule has 0 aromatic carbocycles. The second kappa shape index (κ2) is 4.84. The number of hydrogen-bond donors (Lipinski definition) is 1. The SMILES string of the molecule is Cc1cc(C)c(C#N)c(NCc2nc(C)no2)n1. The summed E-state index contributed by atoms with van der Waals surface area (Å²) in [4.78, 5) is 8.38. The first-order valence-corrected chi connectivity index (χ1v) is 5.51. The molecule has 0 radical (unpaired) electrons. The standard InChI is InChI=1S/C12H13N5O/c1-7-4-8(2)15-12(10(7)5-13)14-6-11-16-9(3)17-18-11/h4H,6H2,1-3H3,(H,14,15). The third kappa shape index (κ3) is 2.46. The van der Waals surface area contributed by atoms with E-state index in [9.17, 15) is 0 Å². The summed E-state index contributed by atoms with van der Waals surface area (Å²) >= 11 is 0. The first kappa shape index (κ1) is 12.0. The van der Waals surface area contributed by atoms with Crippen molar-refractivity contribution in [2.75, 3.05) is 5.32 Å². The highest BCUT2D eigenvalue weighted by atomic mass is 16.5. The van der Waals surface area contributed by atoms with Gasteiger partial charge in [0, 0.05) is 5.69 Å². The Morgan fingerprint density at radius 1 is 1.33 bits per heavy atom. The Bertz CT molecular complexity index is 611. The zero-order valence-electron chi connectivity index (χ0n) is 10.5. The smallest absolute Gasteiger partial charge is 0.245 e. The van der Waals surface area contributed by atoms with E-state index < -0.39 is 0 Å². The Hall–Kier alpha value is -2.42. The van der Waals surface area contributed by atoms with Gasteiger partial charge in [0.15, 0.2) is 5.82 Å². The summed E-state index contributed by atoms with van der Waals surface area (Å²) in [5, 5.41) is 15.9. The minimum atomic E-state index is 0.353. The molecule has 6 heteroatoms. The van der Waals surface area contributed by atoms with Gasteiger partial charge >= 0.3 is 0 Å². The van der Waals surface area contributed by atoms with Crippen molar-refractivity contribution in [3.8, 4) is 6.07 Å². The number of hydrogen-bond acceptors (Lipinski definition) is 6. The second-order valence-corrected chi connectivity index (χ2v) is 4.00. The zero-order chi connectivity index (χ0) is 13.1. The highest BCUT2D eigenvalue weighted by molar-refractivity contribution is 5.56. The lowest BCUT2D eigenvalue weighted by molar-refractivity contribution is 0.379. The molecule has 0 spiro atoms. The summed E-state index contributed by atoms with van der Waals surface area (Å²) in [6.45, 7) is 5.87. The lowest BCUT2D eigenvalue weighted by Crippen LogP contribution is -2.06. The van der Waals surface area contributed by atoms with E-state index in [1.807, 2.05) is 19.9 Å². The van der Waals surface area contributed by atoms with Crippen molar-refractivity contribution in [2.45, 2.75) is 27.3 Å². The number of nitrogens with one attached hydrogen (secondary N) is 1. The van der Waals surface area contributed by atoms with Gasteiger partial charge < -0.3 is 9.84 Å². The van der Waals surface area contributed by atoms with Gasteiger partial charge in [-0.15, -0.1) is 0 Å². The first-order valence-electron chi connectivity index (χ1n) is 5.51. The molecule has 18 heavy (non-hydrogen) atoms. The van der Waals surface area contributed by atoms with E-state index in [0.29, 0.717) is 29.6 Å². The molecule has 2 rings (SSSR count). The van der Waals surface area contributed by atoms with Gasteiger partial charge in [0.1, 0.15) is 11.9 Å². The Morgan fingerprint density at radius 2 is 2.11 bits per heavy atom. The van der Waals surface area contributed by atoms with Gasteiger partial charge in [0.25, 0.3) is 0 Å². The molecule has 2 aromatic heterocycles. The molecule has 0 saturated carbocycles. The quantitative estimate of drug-likeness (QED) is 0.885. The van der Waals surface area contributed by atoms with E-state index in [0.717, 1.165) is 11.3 Å². The van der Waals surface area contributed by atoms with Gasteiger partial charge in [-0.1, -0.05) is 5.16 Å². The van der Waals surface area contributed by atoms with E-state index in [4.69, 9.17) is 9.78 Å². The number of nitriles is 1. The summed E-state index contributed by atoms with van der Waals surface area (Å²) in [6.07, 6.45) is 0. The third-order valence-corrected chi connectivity index (χ3v) is 2.43. The first-order chi connectivity index (χ1) is 8.60. The van der Waals surface area contributed by atoms with E-state index in [-0.39, 0.29) is 0 Å². The molecule has 0 fully saturated rings. The van der Waals surface area contributed by atoms with Crippen molar-refractivity contribution in [1.82, 2.24) is 15.1 Å². The maximum absolute atomic E-state index is 9.11. The predicted octanol–water partition coefficient (Wildman–Crippen LogP) is 1.87. The van der Waals surface area contributed by atoms with E-state index in [1.54, 1.807) is 6.92 Å². The number of nitrogens with zero attached hydrogens (tertiary/aromatic N) is 4. The molecule has 0 unspecified atom stereocenters. The number of aryl methyl sites for hydroxylation is 3. The maximum Gasteiger partial charge on any atom is 0.245 e. The van der Waals surface area contributed by atoms with Crippen LogP contribution in [-0.4, -0.2) is 15.1 Å². The molecule has 0 saturated heterocycles.